The van der Waals surface area contributed by atoms with Crippen molar-refractivity contribution in [2.75, 3.05) is 13.1 Å². The van der Waals surface area contributed by atoms with Crippen LogP contribution in [-0.4, -0.2) is 29.3 Å². The summed E-state index contributed by atoms with van der Waals surface area (Å²) < 4.78 is 0. The van der Waals surface area contributed by atoms with Crippen molar-refractivity contribution in [2.45, 2.75) is 18.2 Å². The van der Waals surface area contributed by atoms with Gasteiger partial charge in [0.15, 0.2) is 0 Å². The molecule has 0 spiro atoms. The lowest BCUT2D eigenvalue weighted by Crippen LogP contribution is -2.27. The summed E-state index contributed by atoms with van der Waals surface area (Å²) in [7, 11) is 0. The van der Waals surface area contributed by atoms with Gasteiger partial charge in [0.25, 0.3) is 0 Å². The van der Waals surface area contributed by atoms with Gasteiger partial charge in [0, 0.05) is 24.5 Å². The molecule has 1 heterocycles. The van der Waals surface area contributed by atoms with E-state index in [1.165, 1.54) is 0 Å². The zero-order valence-electron chi connectivity index (χ0n) is 8.83. The molecule has 0 aromatic heterocycles. The van der Waals surface area contributed by atoms with E-state index >= 15 is 0 Å². The molecule has 1 saturated heterocycles. The molecule has 1 aromatic carbocycles. The van der Waals surface area contributed by atoms with Crippen LogP contribution in [0, 0.1) is 0 Å². The number of likely N-dealkylation sites (tertiary alicyclic amines) is 1. The van der Waals surface area contributed by atoms with Gasteiger partial charge in [0.2, 0.25) is 5.91 Å². The Morgan fingerprint density at radius 3 is 2.75 bits per heavy atom. The Morgan fingerprint density at radius 2 is 2.12 bits per heavy atom. The molecule has 2 nitrogen and oxygen atoms in total. The van der Waals surface area contributed by atoms with Crippen LogP contribution < -0.4 is 0 Å². The van der Waals surface area contributed by atoms with Crippen molar-refractivity contribution in [3.8, 4) is 0 Å². The highest BCUT2D eigenvalue weighted by Gasteiger charge is 2.27. The number of hydrogen-bond acceptors (Lipinski definition) is 1. The van der Waals surface area contributed by atoms with Crippen LogP contribution in [0.3, 0.4) is 0 Å². The predicted molar refractivity (Wildman–Crippen MR) is 66.0 cm³/mol. The van der Waals surface area contributed by atoms with E-state index in [-0.39, 0.29) is 11.3 Å². The van der Waals surface area contributed by atoms with Crippen LogP contribution in [0.5, 0.6) is 0 Å². The zero-order chi connectivity index (χ0) is 11.5. The fourth-order valence-electron chi connectivity index (χ4n) is 1.90. The van der Waals surface area contributed by atoms with Crippen molar-refractivity contribution >= 4 is 29.1 Å². The first-order chi connectivity index (χ1) is 7.66. The second kappa shape index (κ2) is 5.07. The molecule has 1 fully saturated rings. The third-order valence-corrected chi connectivity index (χ3v) is 3.44. The van der Waals surface area contributed by atoms with E-state index in [0.717, 1.165) is 17.0 Å². The van der Waals surface area contributed by atoms with Gasteiger partial charge in [-0.05, 0) is 18.1 Å². The summed E-state index contributed by atoms with van der Waals surface area (Å²) in [6.07, 6.45) is 1.25. The lowest BCUT2D eigenvalue weighted by Gasteiger charge is -2.15. The number of carbonyl (C=O) groups is 1. The second-order valence-corrected chi connectivity index (χ2v) is 5.01. The molecule has 0 aliphatic carbocycles. The Hall–Kier alpha value is -0.730. The van der Waals surface area contributed by atoms with E-state index in [2.05, 4.69) is 0 Å². The molecule has 0 radical (unpaired) electrons. The molecular formula is C12H13Cl2NO. The van der Waals surface area contributed by atoms with Crippen LogP contribution in [0.4, 0.5) is 0 Å². The highest BCUT2D eigenvalue weighted by atomic mass is 35.5. The van der Waals surface area contributed by atoms with Crippen LogP contribution in [-0.2, 0) is 11.2 Å². The third kappa shape index (κ3) is 2.69. The molecule has 1 aliphatic heterocycles. The van der Waals surface area contributed by atoms with Gasteiger partial charge in [-0.15, -0.1) is 11.6 Å². The molecule has 1 amide bonds. The van der Waals surface area contributed by atoms with Crippen molar-refractivity contribution in [2.24, 2.45) is 0 Å². The van der Waals surface area contributed by atoms with E-state index in [9.17, 15) is 4.79 Å². The molecule has 1 aliphatic rings. The summed E-state index contributed by atoms with van der Waals surface area (Å²) in [5, 5.41) is 0.732. The first kappa shape index (κ1) is 11.7. The first-order valence-corrected chi connectivity index (χ1v) is 6.13. The van der Waals surface area contributed by atoms with Crippen LogP contribution in [0.25, 0.3) is 0 Å². The van der Waals surface area contributed by atoms with Gasteiger partial charge >= 0.3 is 0 Å². The highest BCUT2D eigenvalue weighted by molar-refractivity contribution is 6.31. The zero-order valence-corrected chi connectivity index (χ0v) is 10.3. The highest BCUT2D eigenvalue weighted by Crippen LogP contribution is 2.19. The average Bonchev–Trinajstić information content (AvgIpc) is 2.56. The number of hydrogen-bond donors (Lipinski definition) is 0. The third-order valence-electron chi connectivity index (χ3n) is 2.78. The number of rotatable bonds is 3. The molecule has 1 aromatic rings. The van der Waals surface area contributed by atoms with Crippen LogP contribution in [0.1, 0.15) is 12.0 Å². The molecule has 2 rings (SSSR count). The molecular weight excluding hydrogens is 245 g/mol. The maximum atomic E-state index is 11.5. The Balaban J connectivity index is 1.93. The smallest absolute Gasteiger partial charge is 0.224 e. The quantitative estimate of drug-likeness (QED) is 0.763. The average molecular weight is 258 g/mol. The van der Waals surface area contributed by atoms with Gasteiger partial charge in [-0.3, -0.25) is 4.79 Å². The van der Waals surface area contributed by atoms with E-state index in [4.69, 9.17) is 23.2 Å². The molecule has 16 heavy (non-hydrogen) atoms. The summed E-state index contributed by atoms with van der Waals surface area (Å²) in [5.41, 5.74) is 1.08. The molecule has 4 heteroatoms. The number of amides is 1. The van der Waals surface area contributed by atoms with Gasteiger partial charge in [-0.25, -0.2) is 0 Å². The van der Waals surface area contributed by atoms with Crippen molar-refractivity contribution in [3.05, 3.63) is 34.9 Å². The summed E-state index contributed by atoms with van der Waals surface area (Å²) in [4.78, 5) is 13.3. The predicted octanol–water partition coefficient (Wildman–Crippen LogP) is 2.72. The van der Waals surface area contributed by atoms with Crippen LogP contribution >= 0.6 is 23.2 Å². The number of nitrogens with zero attached hydrogens (tertiary/aromatic N) is 1. The maximum Gasteiger partial charge on any atom is 0.224 e. The largest absolute Gasteiger partial charge is 0.341 e. The van der Waals surface area contributed by atoms with Gasteiger partial charge in [0.05, 0.1) is 5.38 Å². The minimum absolute atomic E-state index is 0.0289. The summed E-state index contributed by atoms with van der Waals surface area (Å²) >= 11 is 12.0. The van der Waals surface area contributed by atoms with Crippen molar-refractivity contribution in [1.82, 2.24) is 4.90 Å². The summed E-state index contributed by atoms with van der Waals surface area (Å²) in [5.74, 6) is 0.145. The number of alkyl halides is 1. The SMILES string of the molecule is O=C1CC(Cl)CN1CCc1ccccc1Cl. The normalized spacial score (nSPS) is 20.5. The minimum atomic E-state index is -0.0289. The number of benzene rings is 1. The van der Waals surface area contributed by atoms with Gasteiger partial charge in [-0.2, -0.15) is 0 Å². The topological polar surface area (TPSA) is 20.3 Å². The number of halogens is 2. The van der Waals surface area contributed by atoms with Crippen molar-refractivity contribution in [3.63, 3.8) is 0 Å². The lowest BCUT2D eigenvalue weighted by atomic mass is 10.1. The minimum Gasteiger partial charge on any atom is -0.341 e. The van der Waals surface area contributed by atoms with Gasteiger partial charge in [0.1, 0.15) is 0 Å². The Kier molecular flexibility index (Phi) is 3.72. The van der Waals surface area contributed by atoms with E-state index in [0.29, 0.717) is 19.5 Å². The lowest BCUT2D eigenvalue weighted by molar-refractivity contribution is -0.127. The number of carbonyl (C=O) groups excluding carboxylic acids is 1. The molecule has 0 saturated carbocycles. The standard InChI is InChI=1S/C12H13Cl2NO/c13-10-7-12(16)15(8-10)6-5-9-3-1-2-4-11(9)14/h1-4,10H,5-8H2. The fourth-order valence-corrected chi connectivity index (χ4v) is 2.43. The molecule has 86 valence electrons. The fraction of sp³-hybridized carbons (Fsp3) is 0.417. The van der Waals surface area contributed by atoms with E-state index in [1.54, 1.807) is 4.90 Å². The Labute approximate surface area is 105 Å². The monoisotopic (exact) mass is 257 g/mol. The molecule has 0 bridgehead atoms. The Bertz CT molecular complexity index is 394. The maximum absolute atomic E-state index is 11.5. The summed E-state index contributed by atoms with van der Waals surface area (Å²) in [6, 6.07) is 7.72. The van der Waals surface area contributed by atoms with Crippen LogP contribution in [0.2, 0.25) is 5.02 Å². The van der Waals surface area contributed by atoms with E-state index < -0.39 is 0 Å². The molecule has 1 unspecified atom stereocenters. The van der Waals surface area contributed by atoms with Gasteiger partial charge in [-0.1, -0.05) is 29.8 Å². The molecule has 0 N–H and O–H groups in total. The van der Waals surface area contributed by atoms with Crippen molar-refractivity contribution < 1.29 is 4.79 Å². The second-order valence-electron chi connectivity index (χ2n) is 3.98. The van der Waals surface area contributed by atoms with Crippen molar-refractivity contribution in [1.29, 1.82) is 0 Å². The van der Waals surface area contributed by atoms with Gasteiger partial charge < -0.3 is 4.90 Å². The summed E-state index contributed by atoms with van der Waals surface area (Å²) in [6.45, 7) is 1.36. The Morgan fingerprint density at radius 1 is 1.38 bits per heavy atom. The first-order valence-electron chi connectivity index (χ1n) is 5.32. The van der Waals surface area contributed by atoms with Crippen LogP contribution in [0.15, 0.2) is 24.3 Å². The van der Waals surface area contributed by atoms with E-state index in [1.807, 2.05) is 24.3 Å². The molecule has 1 atom stereocenters.